The third-order valence-corrected chi connectivity index (χ3v) is 4.77. The van der Waals surface area contributed by atoms with Crippen LogP contribution in [0.1, 0.15) is 49.4 Å². The topological polar surface area (TPSA) is 66.6 Å². The maximum Gasteiger partial charge on any atom is 0.254 e. The Labute approximate surface area is 134 Å². The van der Waals surface area contributed by atoms with E-state index >= 15 is 0 Å². The molecule has 5 heteroatoms. The Morgan fingerprint density at radius 3 is 2.62 bits per heavy atom. The summed E-state index contributed by atoms with van der Waals surface area (Å²) < 4.78 is 0.602. The van der Waals surface area contributed by atoms with E-state index in [9.17, 15) is 9.90 Å². The number of nitrogens with zero attached hydrogens (tertiary/aromatic N) is 1. The summed E-state index contributed by atoms with van der Waals surface area (Å²) in [6.07, 6.45) is 4.81. The fourth-order valence-electron chi connectivity index (χ4n) is 2.92. The summed E-state index contributed by atoms with van der Waals surface area (Å²) >= 11 is 3.24. The van der Waals surface area contributed by atoms with Crippen LogP contribution in [0, 0.1) is 0 Å². The van der Waals surface area contributed by atoms with Crippen molar-refractivity contribution in [3.63, 3.8) is 0 Å². The lowest BCUT2D eigenvalue weighted by Gasteiger charge is -2.36. The van der Waals surface area contributed by atoms with Crippen LogP contribution in [0.25, 0.3) is 0 Å². The van der Waals surface area contributed by atoms with Crippen molar-refractivity contribution < 1.29 is 9.90 Å². The van der Waals surface area contributed by atoms with Gasteiger partial charge in [0.1, 0.15) is 5.75 Å². The van der Waals surface area contributed by atoms with Gasteiger partial charge in [-0.15, -0.1) is 0 Å². The van der Waals surface area contributed by atoms with Gasteiger partial charge in [0.2, 0.25) is 0 Å². The van der Waals surface area contributed by atoms with Gasteiger partial charge in [0.05, 0.1) is 4.47 Å². The molecule has 0 atom stereocenters. The van der Waals surface area contributed by atoms with Gasteiger partial charge in [0.25, 0.3) is 5.91 Å². The molecule has 116 valence electrons. The number of aromatic hydroxyl groups is 1. The number of carbonyl (C=O) groups excluding carboxylic acids is 1. The summed E-state index contributed by atoms with van der Waals surface area (Å²) in [6.45, 7) is 2.82. The molecule has 2 rings (SSSR count). The number of halogens is 1. The van der Waals surface area contributed by atoms with E-state index in [1.54, 1.807) is 12.1 Å². The second-order valence-corrected chi connectivity index (χ2v) is 6.59. The molecule has 0 heterocycles. The van der Waals surface area contributed by atoms with Gasteiger partial charge < -0.3 is 15.7 Å². The number of carbonyl (C=O) groups is 1. The molecule has 0 bridgehead atoms. The predicted octanol–water partition coefficient (Wildman–Crippen LogP) is 3.28. The van der Waals surface area contributed by atoms with Crippen molar-refractivity contribution in [1.82, 2.24) is 4.90 Å². The molecule has 4 nitrogen and oxygen atoms in total. The molecule has 1 fully saturated rings. The average molecular weight is 355 g/mol. The molecule has 1 aliphatic carbocycles. The van der Waals surface area contributed by atoms with Crippen molar-refractivity contribution in [1.29, 1.82) is 0 Å². The molecule has 1 aliphatic rings. The number of benzene rings is 1. The second kappa shape index (κ2) is 7.27. The molecule has 3 N–H and O–H groups in total. The lowest BCUT2D eigenvalue weighted by atomic mass is 9.90. The highest BCUT2D eigenvalue weighted by Gasteiger charge is 2.28. The Hall–Kier alpha value is -1.07. The number of nitrogens with two attached hydrogens (primary N) is 1. The van der Waals surface area contributed by atoms with E-state index < -0.39 is 0 Å². The van der Waals surface area contributed by atoms with Gasteiger partial charge in [-0.1, -0.05) is 6.92 Å². The van der Waals surface area contributed by atoms with Gasteiger partial charge in [-0.05, 0) is 66.2 Å². The highest BCUT2D eigenvalue weighted by atomic mass is 79.9. The van der Waals surface area contributed by atoms with Crippen molar-refractivity contribution in [2.45, 2.75) is 51.1 Å². The normalized spacial score (nSPS) is 22.0. The summed E-state index contributed by atoms with van der Waals surface area (Å²) in [5, 5.41) is 9.77. The molecule has 1 aromatic rings. The van der Waals surface area contributed by atoms with E-state index in [4.69, 9.17) is 5.73 Å². The molecule has 0 saturated heterocycles. The summed E-state index contributed by atoms with van der Waals surface area (Å²) in [7, 11) is 0. The van der Waals surface area contributed by atoms with Crippen molar-refractivity contribution in [3.8, 4) is 5.75 Å². The minimum Gasteiger partial charge on any atom is -0.507 e. The van der Waals surface area contributed by atoms with Crippen LogP contribution < -0.4 is 5.73 Å². The molecule has 1 amide bonds. The minimum atomic E-state index is 0.000112. The number of rotatable bonds is 4. The number of amides is 1. The first-order valence-electron chi connectivity index (χ1n) is 7.58. The largest absolute Gasteiger partial charge is 0.507 e. The molecule has 0 aliphatic heterocycles. The molecule has 1 saturated carbocycles. The Morgan fingerprint density at radius 2 is 2.05 bits per heavy atom. The van der Waals surface area contributed by atoms with E-state index in [-0.39, 0.29) is 23.7 Å². The third-order valence-electron chi connectivity index (χ3n) is 4.10. The highest BCUT2D eigenvalue weighted by molar-refractivity contribution is 9.10. The SMILES string of the molecule is CCCN(C(=O)c1ccc(Br)c(O)c1)C1CCC(N)CC1. The van der Waals surface area contributed by atoms with E-state index in [2.05, 4.69) is 22.9 Å². The van der Waals surface area contributed by atoms with Crippen LogP contribution in [0.15, 0.2) is 22.7 Å². The van der Waals surface area contributed by atoms with Crippen LogP contribution >= 0.6 is 15.9 Å². The van der Waals surface area contributed by atoms with Crippen molar-refractivity contribution in [2.75, 3.05) is 6.54 Å². The maximum atomic E-state index is 12.7. The lowest BCUT2D eigenvalue weighted by molar-refractivity contribution is 0.0626. The van der Waals surface area contributed by atoms with Crippen molar-refractivity contribution in [2.24, 2.45) is 5.73 Å². The molecule has 0 aromatic heterocycles. The van der Waals surface area contributed by atoms with Crippen molar-refractivity contribution in [3.05, 3.63) is 28.2 Å². The Balaban J connectivity index is 2.16. The molecular weight excluding hydrogens is 332 g/mol. The first kappa shape index (κ1) is 16.3. The smallest absolute Gasteiger partial charge is 0.254 e. The summed E-state index contributed by atoms with van der Waals surface area (Å²) in [5.41, 5.74) is 6.49. The van der Waals surface area contributed by atoms with E-state index in [0.717, 1.165) is 38.6 Å². The first-order valence-corrected chi connectivity index (χ1v) is 8.37. The molecule has 1 aromatic carbocycles. The average Bonchev–Trinajstić information content (AvgIpc) is 2.48. The summed E-state index contributed by atoms with van der Waals surface area (Å²) in [4.78, 5) is 14.7. The van der Waals surface area contributed by atoms with Crippen LogP contribution in [0.4, 0.5) is 0 Å². The second-order valence-electron chi connectivity index (χ2n) is 5.73. The maximum absolute atomic E-state index is 12.7. The van der Waals surface area contributed by atoms with E-state index in [1.165, 1.54) is 6.07 Å². The quantitative estimate of drug-likeness (QED) is 0.871. The minimum absolute atomic E-state index is 0.000112. The van der Waals surface area contributed by atoms with E-state index in [0.29, 0.717) is 10.0 Å². The number of phenols is 1. The summed E-state index contributed by atoms with van der Waals surface area (Å²) in [5.74, 6) is 0.100. The lowest BCUT2D eigenvalue weighted by Crippen LogP contribution is -2.44. The van der Waals surface area contributed by atoms with Gasteiger partial charge >= 0.3 is 0 Å². The Morgan fingerprint density at radius 1 is 1.38 bits per heavy atom. The van der Waals surface area contributed by atoms with Crippen LogP contribution in [0.3, 0.4) is 0 Å². The van der Waals surface area contributed by atoms with Gasteiger partial charge in [-0.25, -0.2) is 0 Å². The zero-order valence-corrected chi connectivity index (χ0v) is 14.0. The van der Waals surface area contributed by atoms with Gasteiger partial charge in [0.15, 0.2) is 0 Å². The third kappa shape index (κ3) is 3.98. The van der Waals surface area contributed by atoms with Crippen LogP contribution in [0.2, 0.25) is 0 Å². The predicted molar refractivity (Wildman–Crippen MR) is 87.4 cm³/mol. The van der Waals surface area contributed by atoms with Crippen molar-refractivity contribution >= 4 is 21.8 Å². The molecule has 21 heavy (non-hydrogen) atoms. The molecule has 0 spiro atoms. The number of hydrogen-bond acceptors (Lipinski definition) is 3. The molecule has 0 unspecified atom stereocenters. The molecule has 0 radical (unpaired) electrons. The van der Waals surface area contributed by atoms with Crippen LogP contribution in [0.5, 0.6) is 5.75 Å². The van der Waals surface area contributed by atoms with Gasteiger partial charge in [-0.2, -0.15) is 0 Å². The summed E-state index contributed by atoms with van der Waals surface area (Å²) in [6, 6.07) is 5.54. The van der Waals surface area contributed by atoms with Gasteiger partial charge in [0, 0.05) is 24.2 Å². The standard InChI is InChI=1S/C16H23BrN2O2/c1-2-9-19(13-6-4-12(18)5-7-13)16(21)11-3-8-14(17)15(20)10-11/h3,8,10,12-13,20H,2,4-7,9,18H2,1H3. The van der Waals surface area contributed by atoms with Crippen LogP contribution in [-0.2, 0) is 0 Å². The zero-order chi connectivity index (χ0) is 15.4. The zero-order valence-electron chi connectivity index (χ0n) is 12.4. The van der Waals surface area contributed by atoms with E-state index in [1.807, 2.05) is 4.90 Å². The van der Waals surface area contributed by atoms with Crippen LogP contribution in [-0.4, -0.2) is 34.5 Å². The number of hydrogen-bond donors (Lipinski definition) is 2. The Kier molecular flexibility index (Phi) is 5.65. The monoisotopic (exact) mass is 354 g/mol. The molecular formula is C16H23BrN2O2. The fourth-order valence-corrected chi connectivity index (χ4v) is 3.16. The Bertz CT molecular complexity index is 499. The first-order chi connectivity index (χ1) is 10.0. The number of phenolic OH excluding ortho intramolecular Hbond substituents is 1. The highest BCUT2D eigenvalue weighted by Crippen LogP contribution is 2.27. The van der Waals surface area contributed by atoms with Gasteiger partial charge in [-0.3, -0.25) is 4.79 Å². The fraction of sp³-hybridized carbons (Fsp3) is 0.562.